The van der Waals surface area contributed by atoms with E-state index in [9.17, 15) is 14.4 Å². The number of carbonyl (C=O) groups excluding carboxylic acids is 3. The molecule has 1 aromatic heterocycles. The number of hydrogen-bond acceptors (Lipinski definition) is 5. The molecule has 1 aliphatic heterocycles. The highest BCUT2D eigenvalue weighted by atomic mass is 16.5. The summed E-state index contributed by atoms with van der Waals surface area (Å²) in [6.07, 6.45) is 1.58. The summed E-state index contributed by atoms with van der Waals surface area (Å²) in [7, 11) is 1.36. The Morgan fingerprint density at radius 2 is 1.30 bits per heavy atom. The van der Waals surface area contributed by atoms with Crippen molar-refractivity contribution in [2.45, 2.75) is 25.7 Å². The first-order valence-corrected chi connectivity index (χ1v) is 13.4. The third-order valence-electron chi connectivity index (χ3n) is 8.76. The molecule has 2 atom stereocenters. The Morgan fingerprint density at radius 1 is 0.800 bits per heavy atom. The van der Waals surface area contributed by atoms with Gasteiger partial charge in [0.05, 0.1) is 36.4 Å². The van der Waals surface area contributed by atoms with Crippen LogP contribution < -0.4 is 0 Å². The summed E-state index contributed by atoms with van der Waals surface area (Å²) in [6.45, 7) is 3.86. The van der Waals surface area contributed by atoms with Gasteiger partial charge in [0.15, 0.2) is 0 Å². The largest absolute Gasteiger partial charge is 0.465 e. The monoisotopic (exact) mass is 529 g/mol. The predicted molar refractivity (Wildman–Crippen MR) is 150 cm³/mol. The third kappa shape index (κ3) is 3.24. The number of amides is 2. The van der Waals surface area contributed by atoms with Crippen LogP contribution in [0, 0.1) is 25.7 Å². The number of ether oxygens (including phenoxy) is 1. The van der Waals surface area contributed by atoms with Crippen molar-refractivity contribution in [1.29, 1.82) is 0 Å². The van der Waals surface area contributed by atoms with Crippen molar-refractivity contribution in [1.82, 2.24) is 9.58 Å². The van der Waals surface area contributed by atoms with Crippen LogP contribution in [0.3, 0.4) is 0 Å². The minimum atomic E-state index is -0.473. The Kier molecular flexibility index (Phi) is 5.39. The van der Waals surface area contributed by atoms with Gasteiger partial charge in [0.1, 0.15) is 0 Å². The summed E-state index contributed by atoms with van der Waals surface area (Å²) in [6, 6.07) is 25.5. The summed E-state index contributed by atoms with van der Waals surface area (Å²) >= 11 is 0. The molecular weight excluding hydrogens is 502 g/mol. The fourth-order valence-corrected chi connectivity index (χ4v) is 7.14. The lowest BCUT2D eigenvalue weighted by atomic mass is 9.55. The third-order valence-corrected chi connectivity index (χ3v) is 8.76. The van der Waals surface area contributed by atoms with Crippen molar-refractivity contribution in [2.75, 3.05) is 7.11 Å². The normalized spacial score (nSPS) is 22.4. The molecule has 3 aromatic carbocycles. The van der Waals surface area contributed by atoms with Gasteiger partial charge in [-0.05, 0) is 54.3 Å². The zero-order chi connectivity index (χ0) is 27.7. The fourth-order valence-electron chi connectivity index (χ4n) is 7.14. The van der Waals surface area contributed by atoms with Gasteiger partial charge in [0, 0.05) is 28.8 Å². The Balaban J connectivity index is 1.26. The zero-order valence-corrected chi connectivity index (χ0v) is 22.4. The van der Waals surface area contributed by atoms with Crippen LogP contribution in [0.25, 0.3) is 5.69 Å². The number of para-hydroxylation sites is 1. The topological polar surface area (TPSA) is 81.0 Å². The highest BCUT2D eigenvalue weighted by Gasteiger charge is 2.61. The SMILES string of the molecule is COC(=O)c1ccccc1-n1c(C)cc(/C=N\N2C(=O)[C@H]3C4c5ccccc5C(c5ccccc54)[C@@H]3C2=O)c1C. The van der Waals surface area contributed by atoms with E-state index in [1.54, 1.807) is 18.3 Å². The molecule has 2 amide bonds. The number of benzene rings is 3. The molecule has 0 unspecified atom stereocenters. The molecule has 3 aliphatic carbocycles. The minimum Gasteiger partial charge on any atom is -0.465 e. The molecule has 7 heteroatoms. The molecule has 2 heterocycles. The second-order valence-corrected chi connectivity index (χ2v) is 10.7. The number of hydrazone groups is 1. The Morgan fingerprint density at radius 3 is 1.82 bits per heavy atom. The van der Waals surface area contributed by atoms with Crippen LogP contribution in [0.1, 0.15) is 61.4 Å². The van der Waals surface area contributed by atoms with Gasteiger partial charge in [0.25, 0.3) is 11.8 Å². The van der Waals surface area contributed by atoms with E-state index in [0.717, 1.165) is 44.2 Å². The minimum absolute atomic E-state index is 0.168. The molecule has 4 aromatic rings. The lowest BCUT2D eigenvalue weighted by molar-refractivity contribution is -0.139. The van der Waals surface area contributed by atoms with Gasteiger partial charge < -0.3 is 9.30 Å². The van der Waals surface area contributed by atoms with E-state index < -0.39 is 17.8 Å². The van der Waals surface area contributed by atoms with E-state index in [-0.39, 0.29) is 23.7 Å². The number of aromatic nitrogens is 1. The molecule has 8 rings (SSSR count). The Hall–Kier alpha value is -4.78. The molecular formula is C33H27N3O4. The summed E-state index contributed by atoms with van der Waals surface area (Å²) in [5.74, 6) is -2.22. The van der Waals surface area contributed by atoms with Gasteiger partial charge in [-0.2, -0.15) is 10.1 Å². The van der Waals surface area contributed by atoms with Crippen molar-refractivity contribution in [3.63, 3.8) is 0 Å². The zero-order valence-electron chi connectivity index (χ0n) is 22.4. The van der Waals surface area contributed by atoms with E-state index in [4.69, 9.17) is 4.74 Å². The van der Waals surface area contributed by atoms with E-state index in [0.29, 0.717) is 11.3 Å². The van der Waals surface area contributed by atoms with Crippen molar-refractivity contribution in [3.8, 4) is 5.69 Å². The standard InChI is InChI=1S/C33H27N3O4/c1-18-16-20(19(2)35(18)26-15-9-8-14-25(26)33(39)40-3)17-34-36-31(37)29-27-21-10-4-5-11-22(21)28(30(29)32(36)38)24-13-7-6-12-23(24)27/h4-17,27-30H,1-3H3/b34-17-/t27?,28?,29-,30-/m0/s1. The number of hydrogen-bond donors (Lipinski definition) is 0. The second-order valence-electron chi connectivity index (χ2n) is 10.7. The summed E-state index contributed by atoms with van der Waals surface area (Å²) in [4.78, 5) is 40.1. The molecule has 0 saturated carbocycles. The maximum atomic E-state index is 13.8. The average molecular weight is 530 g/mol. The molecule has 1 saturated heterocycles. The van der Waals surface area contributed by atoms with Crippen molar-refractivity contribution >= 4 is 24.0 Å². The van der Waals surface area contributed by atoms with Gasteiger partial charge in [-0.15, -0.1) is 0 Å². The van der Waals surface area contributed by atoms with Crippen LogP contribution in [0.2, 0.25) is 0 Å². The van der Waals surface area contributed by atoms with Gasteiger partial charge >= 0.3 is 5.97 Å². The number of esters is 1. The highest BCUT2D eigenvalue weighted by molar-refractivity contribution is 6.08. The first-order valence-electron chi connectivity index (χ1n) is 13.4. The van der Waals surface area contributed by atoms with Crippen LogP contribution >= 0.6 is 0 Å². The first kappa shape index (κ1) is 24.3. The Bertz CT molecular complexity index is 1650. The first-order chi connectivity index (χ1) is 19.4. The van der Waals surface area contributed by atoms with E-state index in [1.807, 2.05) is 60.9 Å². The molecule has 40 heavy (non-hydrogen) atoms. The smallest absolute Gasteiger partial charge is 0.339 e. The van der Waals surface area contributed by atoms with Gasteiger partial charge in [-0.25, -0.2) is 4.79 Å². The number of imide groups is 1. The van der Waals surface area contributed by atoms with Crippen LogP contribution in [0.4, 0.5) is 0 Å². The van der Waals surface area contributed by atoms with Crippen molar-refractivity contribution < 1.29 is 19.1 Å². The molecule has 1 fully saturated rings. The molecule has 0 spiro atoms. The van der Waals surface area contributed by atoms with E-state index in [1.165, 1.54) is 7.11 Å². The van der Waals surface area contributed by atoms with Crippen LogP contribution in [-0.4, -0.2) is 40.7 Å². The molecule has 2 bridgehead atoms. The van der Waals surface area contributed by atoms with Crippen LogP contribution in [0.15, 0.2) is 84.0 Å². The Labute approximate surface area is 231 Å². The maximum Gasteiger partial charge on any atom is 0.339 e. The molecule has 0 N–H and O–H groups in total. The van der Waals surface area contributed by atoms with Gasteiger partial charge in [-0.3, -0.25) is 9.59 Å². The number of nitrogens with zero attached hydrogens (tertiary/aromatic N) is 3. The van der Waals surface area contributed by atoms with Crippen molar-refractivity contribution in [2.24, 2.45) is 16.9 Å². The number of rotatable bonds is 4. The van der Waals surface area contributed by atoms with Crippen molar-refractivity contribution in [3.05, 3.63) is 124 Å². The quantitative estimate of drug-likeness (QED) is 0.209. The summed E-state index contributed by atoms with van der Waals surface area (Å²) < 4.78 is 6.93. The van der Waals surface area contributed by atoms with Crippen LogP contribution in [0.5, 0.6) is 0 Å². The lowest BCUT2D eigenvalue weighted by Gasteiger charge is -2.45. The number of methoxy groups -OCH3 is 1. The number of carbonyl (C=O) groups is 3. The predicted octanol–water partition coefficient (Wildman–Crippen LogP) is 5.11. The fraction of sp³-hybridized carbons (Fsp3) is 0.212. The molecule has 4 aliphatic rings. The molecule has 0 radical (unpaired) electrons. The molecule has 198 valence electrons. The van der Waals surface area contributed by atoms with E-state index in [2.05, 4.69) is 29.4 Å². The average Bonchev–Trinajstić information content (AvgIpc) is 3.41. The maximum absolute atomic E-state index is 13.8. The van der Waals surface area contributed by atoms with E-state index >= 15 is 0 Å². The second kappa shape index (κ2) is 8.88. The summed E-state index contributed by atoms with van der Waals surface area (Å²) in [5.41, 5.74) is 8.12. The highest BCUT2D eigenvalue weighted by Crippen LogP contribution is 2.60. The van der Waals surface area contributed by atoms with Gasteiger partial charge in [0.2, 0.25) is 0 Å². The van der Waals surface area contributed by atoms with Gasteiger partial charge in [-0.1, -0.05) is 60.7 Å². The number of aryl methyl sites for hydroxylation is 1. The summed E-state index contributed by atoms with van der Waals surface area (Å²) in [5, 5.41) is 5.57. The van der Waals surface area contributed by atoms with Crippen LogP contribution in [-0.2, 0) is 14.3 Å². The lowest BCUT2D eigenvalue weighted by Crippen LogP contribution is -2.41. The molecule has 7 nitrogen and oxygen atoms in total.